The van der Waals surface area contributed by atoms with Gasteiger partial charge in [0.2, 0.25) is 0 Å². The van der Waals surface area contributed by atoms with E-state index in [9.17, 15) is 9.59 Å². The first kappa shape index (κ1) is 30.4. The van der Waals surface area contributed by atoms with Crippen LogP contribution in [0.15, 0.2) is 71.7 Å². The number of fused-ring (bicyclic) bond motifs is 1. The summed E-state index contributed by atoms with van der Waals surface area (Å²) in [5, 5.41) is 3.55. The zero-order chi connectivity index (χ0) is 30.6. The van der Waals surface area contributed by atoms with Crippen molar-refractivity contribution in [1.29, 1.82) is 0 Å². The Morgan fingerprint density at radius 3 is 2.56 bits per heavy atom. The van der Waals surface area contributed by atoms with Crippen LogP contribution in [0, 0.1) is 12.3 Å². The van der Waals surface area contributed by atoms with Gasteiger partial charge in [-0.1, -0.05) is 63.2 Å². The van der Waals surface area contributed by atoms with Crippen LogP contribution in [0.3, 0.4) is 0 Å². The first-order chi connectivity index (χ1) is 20.6. The maximum absolute atomic E-state index is 14.2. The van der Waals surface area contributed by atoms with E-state index < -0.39 is 6.09 Å². The summed E-state index contributed by atoms with van der Waals surface area (Å²) in [6.07, 6.45) is 4.10. The van der Waals surface area contributed by atoms with Crippen LogP contribution in [-0.4, -0.2) is 51.7 Å². The topological polar surface area (TPSA) is 89.4 Å². The van der Waals surface area contributed by atoms with Crippen LogP contribution in [0.25, 0.3) is 22.0 Å². The quantitative estimate of drug-likeness (QED) is 0.262. The van der Waals surface area contributed by atoms with E-state index in [0.29, 0.717) is 24.0 Å². The van der Waals surface area contributed by atoms with Crippen LogP contribution in [-0.2, 0) is 17.9 Å². The van der Waals surface area contributed by atoms with Crippen LogP contribution in [0.2, 0.25) is 0 Å². The summed E-state index contributed by atoms with van der Waals surface area (Å²) >= 11 is 0. The van der Waals surface area contributed by atoms with Crippen LogP contribution < -0.4 is 10.9 Å². The van der Waals surface area contributed by atoms with Crippen molar-refractivity contribution >= 4 is 17.0 Å². The Balaban J connectivity index is 1.41. The molecule has 1 aliphatic rings. The van der Waals surface area contributed by atoms with Crippen molar-refractivity contribution in [3.8, 4) is 11.1 Å². The number of likely N-dealkylation sites (tertiary alicyclic amines) is 1. The van der Waals surface area contributed by atoms with E-state index in [1.165, 1.54) is 0 Å². The molecule has 8 nitrogen and oxygen atoms in total. The largest absolute Gasteiger partial charge is 0.445 e. The van der Waals surface area contributed by atoms with Crippen LogP contribution in [0.4, 0.5) is 4.79 Å². The van der Waals surface area contributed by atoms with E-state index in [1.807, 2.05) is 78.4 Å². The molecule has 5 rings (SSSR count). The molecule has 1 aliphatic heterocycles. The Labute approximate surface area is 254 Å². The van der Waals surface area contributed by atoms with Gasteiger partial charge in [-0.3, -0.25) is 14.3 Å². The van der Waals surface area contributed by atoms with Crippen molar-refractivity contribution in [2.24, 2.45) is 5.41 Å². The standard InChI is InChI=1S/C35H43N5O3/c1-24-13-14-27(21-37-24)26-15-16-30-29(20-26)33(41)40(23-35(2,3)4)32(38-30)28-12-9-19-39(5)31(28)17-18-36-34(42)43-22-25-10-7-6-8-11-25/h6-8,10-11,13-16,20-21,28,31H,9,12,17-19,22-23H2,1-5H3,(H,36,42). The van der Waals surface area contributed by atoms with E-state index in [4.69, 9.17) is 9.72 Å². The summed E-state index contributed by atoms with van der Waals surface area (Å²) < 4.78 is 7.33. The highest BCUT2D eigenvalue weighted by Crippen LogP contribution is 2.34. The van der Waals surface area contributed by atoms with Crippen molar-refractivity contribution in [2.75, 3.05) is 20.1 Å². The maximum atomic E-state index is 14.2. The molecule has 0 radical (unpaired) electrons. The number of pyridine rings is 1. The minimum atomic E-state index is -0.424. The summed E-state index contributed by atoms with van der Waals surface area (Å²) in [7, 11) is 2.12. The Bertz CT molecular complexity index is 1610. The second kappa shape index (κ2) is 13.1. The second-order valence-electron chi connectivity index (χ2n) is 12.9. The number of carbonyl (C=O) groups is 1. The summed E-state index contributed by atoms with van der Waals surface area (Å²) in [6, 6.07) is 19.7. The van der Waals surface area contributed by atoms with E-state index in [1.54, 1.807) is 0 Å². The fourth-order valence-corrected chi connectivity index (χ4v) is 6.01. The lowest BCUT2D eigenvalue weighted by Gasteiger charge is -2.40. The summed E-state index contributed by atoms with van der Waals surface area (Å²) in [6.45, 7) is 10.7. The van der Waals surface area contributed by atoms with Crippen LogP contribution in [0.1, 0.15) is 63.0 Å². The number of aryl methyl sites for hydroxylation is 1. The molecule has 0 aliphatic carbocycles. The van der Waals surface area contributed by atoms with Crippen LogP contribution >= 0.6 is 0 Å². The Kier molecular flexibility index (Phi) is 9.25. The Hall–Kier alpha value is -4.04. The molecule has 3 heterocycles. The number of carbonyl (C=O) groups excluding carboxylic acids is 1. The number of benzene rings is 2. The number of hydrogen-bond acceptors (Lipinski definition) is 6. The van der Waals surface area contributed by atoms with Crippen molar-refractivity contribution < 1.29 is 9.53 Å². The van der Waals surface area contributed by atoms with Crippen molar-refractivity contribution in [3.05, 3.63) is 94.3 Å². The molecule has 1 N–H and O–H groups in total. The summed E-state index contributed by atoms with van der Waals surface area (Å²) in [4.78, 5) is 38.6. The zero-order valence-corrected chi connectivity index (χ0v) is 26.0. The average Bonchev–Trinajstić information content (AvgIpc) is 2.98. The van der Waals surface area contributed by atoms with Gasteiger partial charge in [0.15, 0.2) is 0 Å². The van der Waals surface area contributed by atoms with E-state index in [-0.39, 0.29) is 29.5 Å². The molecule has 0 saturated carbocycles. The first-order valence-corrected chi connectivity index (χ1v) is 15.2. The van der Waals surface area contributed by atoms with Gasteiger partial charge in [-0.25, -0.2) is 9.78 Å². The van der Waals surface area contributed by atoms with Gasteiger partial charge in [-0.05, 0) is 74.5 Å². The molecular weight excluding hydrogens is 538 g/mol. The van der Waals surface area contributed by atoms with Gasteiger partial charge in [-0.2, -0.15) is 0 Å². The highest BCUT2D eigenvalue weighted by Gasteiger charge is 2.34. The molecule has 8 heteroatoms. The summed E-state index contributed by atoms with van der Waals surface area (Å²) in [5.74, 6) is 0.890. The molecule has 0 bridgehead atoms. The van der Waals surface area contributed by atoms with Gasteiger partial charge in [0.1, 0.15) is 12.4 Å². The van der Waals surface area contributed by atoms with Gasteiger partial charge >= 0.3 is 6.09 Å². The molecule has 1 saturated heterocycles. The highest BCUT2D eigenvalue weighted by atomic mass is 16.5. The number of hydrogen-bond donors (Lipinski definition) is 1. The Morgan fingerprint density at radius 2 is 1.84 bits per heavy atom. The Morgan fingerprint density at radius 1 is 1.07 bits per heavy atom. The third kappa shape index (κ3) is 7.49. The van der Waals surface area contributed by atoms with Crippen molar-refractivity contribution in [3.63, 3.8) is 0 Å². The van der Waals surface area contributed by atoms with Gasteiger partial charge in [-0.15, -0.1) is 0 Å². The first-order valence-electron chi connectivity index (χ1n) is 15.2. The lowest BCUT2D eigenvalue weighted by Crippen LogP contribution is -2.46. The molecule has 2 aromatic carbocycles. The third-order valence-electron chi connectivity index (χ3n) is 8.17. The lowest BCUT2D eigenvalue weighted by molar-refractivity contribution is 0.128. The average molecular weight is 582 g/mol. The monoisotopic (exact) mass is 581 g/mol. The fourth-order valence-electron chi connectivity index (χ4n) is 6.01. The molecule has 2 atom stereocenters. The van der Waals surface area contributed by atoms with E-state index >= 15 is 0 Å². The molecular formula is C35H43N5O3. The van der Waals surface area contributed by atoms with Crippen molar-refractivity contribution in [1.82, 2.24) is 24.8 Å². The third-order valence-corrected chi connectivity index (χ3v) is 8.17. The molecule has 1 amide bonds. The number of likely N-dealkylation sites (N-methyl/N-ethyl adjacent to an activating group) is 1. The molecule has 43 heavy (non-hydrogen) atoms. The number of nitrogens with zero attached hydrogens (tertiary/aromatic N) is 4. The van der Waals surface area contributed by atoms with Gasteiger partial charge < -0.3 is 15.0 Å². The van der Waals surface area contributed by atoms with Crippen molar-refractivity contribution in [2.45, 2.75) is 72.1 Å². The number of piperidine rings is 1. The predicted molar refractivity (Wildman–Crippen MR) is 171 cm³/mol. The molecule has 1 fully saturated rings. The molecule has 0 spiro atoms. The van der Waals surface area contributed by atoms with Gasteiger partial charge in [0.25, 0.3) is 5.56 Å². The number of aromatic nitrogens is 3. The zero-order valence-electron chi connectivity index (χ0n) is 26.0. The molecule has 226 valence electrons. The van der Waals surface area contributed by atoms with Gasteiger partial charge in [0, 0.05) is 42.5 Å². The smallest absolute Gasteiger partial charge is 0.407 e. The van der Waals surface area contributed by atoms with E-state index in [0.717, 1.165) is 54.0 Å². The van der Waals surface area contributed by atoms with E-state index in [2.05, 4.69) is 43.0 Å². The predicted octanol–water partition coefficient (Wildman–Crippen LogP) is 6.31. The number of alkyl carbamates (subject to hydrolysis) is 1. The van der Waals surface area contributed by atoms with Crippen LogP contribution in [0.5, 0.6) is 0 Å². The minimum Gasteiger partial charge on any atom is -0.445 e. The SMILES string of the molecule is Cc1ccc(-c2ccc3nc(C4CCCN(C)C4CCNC(=O)OCc4ccccc4)n(CC(C)(C)C)c(=O)c3c2)cn1. The number of rotatable bonds is 8. The normalized spacial score (nSPS) is 17.6. The molecule has 4 aromatic rings. The fraction of sp³-hybridized carbons (Fsp3) is 0.429. The number of amides is 1. The highest BCUT2D eigenvalue weighted by molar-refractivity contribution is 5.83. The lowest BCUT2D eigenvalue weighted by atomic mass is 9.85. The molecule has 2 aromatic heterocycles. The number of ether oxygens (including phenoxy) is 1. The maximum Gasteiger partial charge on any atom is 0.407 e. The summed E-state index contributed by atoms with van der Waals surface area (Å²) in [5.41, 5.74) is 4.42. The minimum absolute atomic E-state index is 0.00793. The number of nitrogens with one attached hydrogen (secondary N) is 1. The van der Waals surface area contributed by atoms with Gasteiger partial charge in [0.05, 0.1) is 10.9 Å². The molecule has 2 unspecified atom stereocenters. The second-order valence-corrected chi connectivity index (χ2v) is 12.9.